The summed E-state index contributed by atoms with van der Waals surface area (Å²) in [6, 6.07) is 17.7. The van der Waals surface area contributed by atoms with Gasteiger partial charge in [0.2, 0.25) is 0 Å². The molecular formula is C26H25N3O4. The van der Waals surface area contributed by atoms with Gasteiger partial charge < -0.3 is 15.3 Å². The maximum Gasteiger partial charge on any atom is 0.305 e. The first-order valence-electron chi connectivity index (χ1n) is 10.5. The third-order valence-electron chi connectivity index (χ3n) is 5.01. The number of nitrogens with one attached hydrogen (secondary N) is 1. The maximum absolute atomic E-state index is 13.6. The number of hydrogen-bond acceptors (Lipinski definition) is 4. The molecule has 0 saturated carbocycles. The van der Waals surface area contributed by atoms with E-state index in [0.29, 0.717) is 28.8 Å². The second-order valence-corrected chi connectivity index (χ2v) is 7.32. The van der Waals surface area contributed by atoms with E-state index in [2.05, 4.69) is 16.9 Å². The summed E-state index contributed by atoms with van der Waals surface area (Å²) in [5.41, 5.74) is 2.82. The van der Waals surface area contributed by atoms with Crippen LogP contribution in [0, 0.1) is 0 Å². The molecule has 0 aliphatic carbocycles. The fourth-order valence-corrected chi connectivity index (χ4v) is 3.45. The summed E-state index contributed by atoms with van der Waals surface area (Å²) in [5, 5.41) is 12.0. The zero-order valence-corrected chi connectivity index (χ0v) is 18.1. The Bertz CT molecular complexity index is 1150. The van der Waals surface area contributed by atoms with E-state index in [9.17, 15) is 19.5 Å². The van der Waals surface area contributed by atoms with Crippen molar-refractivity contribution in [2.45, 2.75) is 13.0 Å². The van der Waals surface area contributed by atoms with Crippen LogP contribution in [0.3, 0.4) is 0 Å². The number of amides is 2. The summed E-state index contributed by atoms with van der Waals surface area (Å²) >= 11 is 0. The van der Waals surface area contributed by atoms with Gasteiger partial charge in [-0.25, -0.2) is 0 Å². The first kappa shape index (κ1) is 23.4. The van der Waals surface area contributed by atoms with E-state index in [1.54, 1.807) is 73.1 Å². The van der Waals surface area contributed by atoms with Crippen LogP contribution in [0.25, 0.3) is 11.1 Å². The van der Waals surface area contributed by atoms with E-state index in [-0.39, 0.29) is 31.3 Å². The molecule has 3 aromatic rings. The zero-order chi connectivity index (χ0) is 23.6. The van der Waals surface area contributed by atoms with Gasteiger partial charge in [-0.15, -0.1) is 6.58 Å². The minimum absolute atomic E-state index is 0.0405. The van der Waals surface area contributed by atoms with E-state index >= 15 is 0 Å². The minimum atomic E-state index is -0.989. The molecule has 0 spiro atoms. The number of nitrogens with zero attached hydrogens (tertiary/aromatic N) is 2. The van der Waals surface area contributed by atoms with Gasteiger partial charge in [-0.05, 0) is 34.9 Å². The molecule has 0 unspecified atom stereocenters. The molecular weight excluding hydrogens is 418 g/mol. The Kier molecular flexibility index (Phi) is 8.07. The normalized spacial score (nSPS) is 10.3. The van der Waals surface area contributed by atoms with E-state index in [4.69, 9.17) is 0 Å². The molecule has 1 heterocycles. The van der Waals surface area contributed by atoms with Crippen LogP contribution < -0.4 is 5.32 Å². The van der Waals surface area contributed by atoms with Crippen LogP contribution in [0.5, 0.6) is 0 Å². The highest BCUT2D eigenvalue weighted by molar-refractivity contribution is 6.06. The van der Waals surface area contributed by atoms with Crippen LogP contribution >= 0.6 is 0 Å². The summed E-state index contributed by atoms with van der Waals surface area (Å²) in [5.74, 6) is -1.58. The van der Waals surface area contributed by atoms with Gasteiger partial charge in [0, 0.05) is 43.2 Å². The molecule has 7 heteroatoms. The van der Waals surface area contributed by atoms with Crippen molar-refractivity contribution in [3.05, 3.63) is 102 Å². The monoisotopic (exact) mass is 443 g/mol. The van der Waals surface area contributed by atoms with Crippen LogP contribution in [0.4, 0.5) is 0 Å². The van der Waals surface area contributed by atoms with Crippen molar-refractivity contribution in [3.8, 4) is 11.1 Å². The molecule has 0 bridgehead atoms. The number of hydrogen-bond donors (Lipinski definition) is 2. The molecule has 0 atom stereocenters. The van der Waals surface area contributed by atoms with Crippen LogP contribution in [0.1, 0.15) is 32.7 Å². The first-order valence-corrected chi connectivity index (χ1v) is 10.5. The zero-order valence-electron chi connectivity index (χ0n) is 18.1. The SMILES string of the molecule is C=CCNC(=O)c1ccccc1-c1ccccc1C(=O)N(CCC(=O)O)Cc1cccnc1. The van der Waals surface area contributed by atoms with Gasteiger partial charge in [-0.2, -0.15) is 0 Å². The lowest BCUT2D eigenvalue weighted by Gasteiger charge is -2.24. The Labute approximate surface area is 192 Å². The van der Waals surface area contributed by atoms with Gasteiger partial charge in [0.05, 0.1) is 6.42 Å². The highest BCUT2D eigenvalue weighted by Gasteiger charge is 2.22. The van der Waals surface area contributed by atoms with E-state index in [1.165, 1.54) is 4.90 Å². The second-order valence-electron chi connectivity index (χ2n) is 7.32. The fraction of sp³-hybridized carbons (Fsp3) is 0.154. The molecule has 3 rings (SSSR count). The van der Waals surface area contributed by atoms with Crippen molar-refractivity contribution in [2.75, 3.05) is 13.1 Å². The molecule has 1 aromatic heterocycles. The molecule has 0 aliphatic heterocycles. The van der Waals surface area contributed by atoms with Gasteiger partial charge in [-0.3, -0.25) is 19.4 Å². The average molecular weight is 444 g/mol. The standard InChI is InChI=1S/C26H25N3O4/c1-2-14-28-25(32)22-11-5-3-9-20(22)21-10-4-6-12-23(21)26(33)29(16-13-24(30)31)18-19-8-7-15-27-17-19/h2-12,15,17H,1,13-14,16,18H2,(H,28,32)(H,30,31). The van der Waals surface area contributed by atoms with Gasteiger partial charge in [-0.1, -0.05) is 48.5 Å². The van der Waals surface area contributed by atoms with E-state index in [1.807, 2.05) is 6.07 Å². The molecule has 2 amide bonds. The third-order valence-corrected chi connectivity index (χ3v) is 5.01. The topological polar surface area (TPSA) is 99.6 Å². The predicted octanol–water partition coefficient (Wildman–Crippen LogP) is 3.78. The van der Waals surface area contributed by atoms with Crippen molar-refractivity contribution in [1.82, 2.24) is 15.2 Å². The quantitative estimate of drug-likeness (QED) is 0.465. The smallest absolute Gasteiger partial charge is 0.305 e. The number of carbonyl (C=O) groups is 3. The number of carboxylic acids is 1. The molecule has 0 saturated heterocycles. The van der Waals surface area contributed by atoms with Crippen molar-refractivity contribution < 1.29 is 19.5 Å². The van der Waals surface area contributed by atoms with Crippen LogP contribution in [0.15, 0.2) is 85.7 Å². The van der Waals surface area contributed by atoms with Gasteiger partial charge >= 0.3 is 5.97 Å². The summed E-state index contributed by atoms with van der Waals surface area (Å²) in [6.45, 7) is 4.20. The molecule has 2 N–H and O–H groups in total. The number of carboxylic acid groups (broad SMARTS) is 1. The minimum Gasteiger partial charge on any atom is -0.481 e. The summed E-state index contributed by atoms with van der Waals surface area (Å²) in [6.07, 6.45) is 4.69. The molecule has 33 heavy (non-hydrogen) atoms. The van der Waals surface area contributed by atoms with Gasteiger partial charge in [0.1, 0.15) is 0 Å². The number of aliphatic carboxylic acids is 1. The lowest BCUT2D eigenvalue weighted by atomic mass is 9.94. The lowest BCUT2D eigenvalue weighted by molar-refractivity contribution is -0.137. The Morgan fingerprint density at radius 3 is 2.27 bits per heavy atom. The summed E-state index contributed by atoms with van der Waals surface area (Å²) in [7, 11) is 0. The summed E-state index contributed by atoms with van der Waals surface area (Å²) < 4.78 is 0. The number of benzene rings is 2. The first-order chi connectivity index (χ1) is 16.0. The van der Waals surface area contributed by atoms with Crippen molar-refractivity contribution in [1.29, 1.82) is 0 Å². The van der Waals surface area contributed by atoms with Crippen molar-refractivity contribution >= 4 is 17.8 Å². The molecule has 2 aromatic carbocycles. The third kappa shape index (κ3) is 6.13. The van der Waals surface area contributed by atoms with Crippen molar-refractivity contribution in [2.24, 2.45) is 0 Å². The fourth-order valence-electron chi connectivity index (χ4n) is 3.45. The van der Waals surface area contributed by atoms with Crippen LogP contribution in [-0.2, 0) is 11.3 Å². The number of pyridine rings is 1. The molecule has 168 valence electrons. The van der Waals surface area contributed by atoms with Crippen LogP contribution in [-0.4, -0.2) is 45.9 Å². The van der Waals surface area contributed by atoms with Crippen LogP contribution in [0.2, 0.25) is 0 Å². The number of carbonyl (C=O) groups excluding carboxylic acids is 2. The largest absolute Gasteiger partial charge is 0.481 e. The van der Waals surface area contributed by atoms with Gasteiger partial charge in [0.25, 0.3) is 11.8 Å². The number of rotatable bonds is 10. The highest BCUT2D eigenvalue weighted by Crippen LogP contribution is 2.28. The van der Waals surface area contributed by atoms with E-state index < -0.39 is 5.97 Å². The Hall–Kier alpha value is -4.26. The second kappa shape index (κ2) is 11.4. The molecule has 0 radical (unpaired) electrons. The maximum atomic E-state index is 13.6. The molecule has 7 nitrogen and oxygen atoms in total. The van der Waals surface area contributed by atoms with Gasteiger partial charge in [0.15, 0.2) is 0 Å². The Morgan fingerprint density at radius 2 is 1.64 bits per heavy atom. The lowest BCUT2D eigenvalue weighted by Crippen LogP contribution is -2.33. The summed E-state index contributed by atoms with van der Waals surface area (Å²) in [4.78, 5) is 43.1. The van der Waals surface area contributed by atoms with E-state index in [0.717, 1.165) is 5.56 Å². The predicted molar refractivity (Wildman–Crippen MR) is 126 cm³/mol. The molecule has 0 fully saturated rings. The Morgan fingerprint density at radius 1 is 0.970 bits per heavy atom. The Balaban J connectivity index is 2.00. The van der Waals surface area contributed by atoms with Crippen molar-refractivity contribution in [3.63, 3.8) is 0 Å². The highest BCUT2D eigenvalue weighted by atomic mass is 16.4. The molecule has 0 aliphatic rings. The average Bonchev–Trinajstić information content (AvgIpc) is 2.85. The number of aromatic nitrogens is 1.